The topological polar surface area (TPSA) is 130 Å². The molecule has 0 bridgehead atoms. The molecule has 8 nitrogen and oxygen atoms in total. The lowest BCUT2D eigenvalue weighted by molar-refractivity contribution is -0.145. The largest absolute Gasteiger partial charge is 0.481 e. The van der Waals surface area contributed by atoms with Gasteiger partial charge in [-0.05, 0) is 31.5 Å². The molecular weight excluding hydrogens is 352 g/mol. The Morgan fingerprint density at radius 3 is 2.26 bits per heavy atom. The molecule has 2 aromatic rings. The van der Waals surface area contributed by atoms with Gasteiger partial charge >= 0.3 is 17.9 Å². The van der Waals surface area contributed by atoms with E-state index in [4.69, 9.17) is 15.3 Å². The van der Waals surface area contributed by atoms with Crippen LogP contribution in [-0.2, 0) is 9.59 Å². The second-order valence-corrected chi connectivity index (χ2v) is 6.02. The van der Waals surface area contributed by atoms with Crippen LogP contribution in [0.15, 0.2) is 66.4 Å². The molecule has 0 fully saturated rings. The minimum absolute atomic E-state index is 0.0359. The number of hydrogen-bond donors (Lipinski definition) is 3. The summed E-state index contributed by atoms with van der Waals surface area (Å²) in [5.74, 6) is -3.04. The normalized spacial score (nSPS) is 18.0. The Bertz CT molecular complexity index is 913. The quantitative estimate of drug-likeness (QED) is 0.754. The molecule has 0 spiro atoms. The van der Waals surface area contributed by atoms with E-state index in [2.05, 4.69) is 5.10 Å². The lowest BCUT2D eigenvalue weighted by Crippen LogP contribution is -2.28. The van der Waals surface area contributed by atoms with Gasteiger partial charge < -0.3 is 15.3 Å². The molecule has 0 radical (unpaired) electrons. The maximum absolute atomic E-state index is 10.8. The van der Waals surface area contributed by atoms with Crippen molar-refractivity contribution in [2.24, 2.45) is 5.41 Å². The lowest BCUT2D eigenvalue weighted by atomic mass is 9.80. The van der Waals surface area contributed by atoms with Crippen molar-refractivity contribution in [3.8, 4) is 5.69 Å². The molecular formula is C19H18N2O6. The molecule has 0 amide bonds. The number of carboxylic acids is 3. The molecule has 140 valence electrons. The summed E-state index contributed by atoms with van der Waals surface area (Å²) in [4.78, 5) is 32.1. The summed E-state index contributed by atoms with van der Waals surface area (Å²) in [5, 5.41) is 30.3. The molecule has 0 aliphatic heterocycles. The second-order valence-electron chi connectivity index (χ2n) is 6.02. The monoisotopic (exact) mass is 370 g/mol. The Labute approximate surface area is 154 Å². The third-order valence-electron chi connectivity index (χ3n) is 3.95. The van der Waals surface area contributed by atoms with Gasteiger partial charge in [0.2, 0.25) is 0 Å². The molecule has 3 N–H and O–H groups in total. The van der Waals surface area contributed by atoms with Crippen molar-refractivity contribution in [3.05, 3.63) is 72.1 Å². The van der Waals surface area contributed by atoms with Crippen molar-refractivity contribution in [3.63, 3.8) is 0 Å². The van der Waals surface area contributed by atoms with E-state index in [-0.39, 0.29) is 17.7 Å². The third kappa shape index (κ3) is 4.69. The molecule has 1 aliphatic rings. The van der Waals surface area contributed by atoms with E-state index in [0.717, 1.165) is 5.69 Å². The fraction of sp³-hybridized carbons (Fsp3) is 0.158. The fourth-order valence-corrected chi connectivity index (χ4v) is 2.42. The Morgan fingerprint density at radius 1 is 1.04 bits per heavy atom. The van der Waals surface area contributed by atoms with E-state index < -0.39 is 23.3 Å². The van der Waals surface area contributed by atoms with Gasteiger partial charge in [-0.15, -0.1) is 0 Å². The van der Waals surface area contributed by atoms with Gasteiger partial charge in [-0.2, -0.15) is 5.10 Å². The zero-order valence-electron chi connectivity index (χ0n) is 14.4. The molecule has 0 saturated heterocycles. The third-order valence-corrected chi connectivity index (χ3v) is 3.95. The van der Waals surface area contributed by atoms with E-state index in [1.807, 2.05) is 18.2 Å². The zero-order valence-corrected chi connectivity index (χ0v) is 14.4. The van der Waals surface area contributed by atoms with Crippen molar-refractivity contribution < 1.29 is 29.7 Å². The van der Waals surface area contributed by atoms with E-state index in [1.54, 1.807) is 12.1 Å². The first-order valence-electron chi connectivity index (χ1n) is 7.92. The molecule has 8 heteroatoms. The van der Waals surface area contributed by atoms with Gasteiger partial charge in [-0.3, -0.25) is 4.79 Å². The number of rotatable bonds is 4. The van der Waals surface area contributed by atoms with Crippen molar-refractivity contribution in [1.29, 1.82) is 0 Å². The summed E-state index contributed by atoms with van der Waals surface area (Å²) in [7, 11) is 0. The van der Waals surface area contributed by atoms with Gasteiger partial charge in [-0.1, -0.05) is 36.4 Å². The number of benzene rings is 1. The minimum Gasteiger partial charge on any atom is -0.481 e. The molecule has 1 heterocycles. The summed E-state index contributed by atoms with van der Waals surface area (Å²) in [6.45, 7) is 1.50. The summed E-state index contributed by atoms with van der Waals surface area (Å²) in [6, 6.07) is 10.6. The predicted octanol–water partition coefficient (Wildman–Crippen LogP) is 2.62. The SMILES string of the molecule is CC1(C(=O)O)C=CC=C(C(=O)O)C1.O=C(O)c1ccnn1-c1ccccc1. The van der Waals surface area contributed by atoms with Crippen LogP contribution in [0, 0.1) is 5.41 Å². The first-order chi connectivity index (χ1) is 12.7. The minimum atomic E-state index is -1.08. The highest BCUT2D eigenvalue weighted by atomic mass is 16.4. The van der Waals surface area contributed by atoms with Crippen molar-refractivity contribution in [2.75, 3.05) is 0 Å². The maximum atomic E-state index is 10.8. The number of carbonyl (C=O) groups is 3. The Hall–Kier alpha value is -3.68. The van der Waals surface area contributed by atoms with E-state index in [9.17, 15) is 14.4 Å². The number of para-hydroxylation sites is 1. The van der Waals surface area contributed by atoms with Gasteiger partial charge in [0.1, 0.15) is 0 Å². The van der Waals surface area contributed by atoms with E-state index in [0.29, 0.717) is 0 Å². The van der Waals surface area contributed by atoms with Gasteiger partial charge in [-0.25, -0.2) is 14.3 Å². The number of carboxylic acid groups (broad SMARTS) is 3. The van der Waals surface area contributed by atoms with Crippen LogP contribution >= 0.6 is 0 Å². The molecule has 0 saturated carbocycles. The molecule has 3 rings (SSSR count). The van der Waals surface area contributed by atoms with Crippen molar-refractivity contribution in [2.45, 2.75) is 13.3 Å². The van der Waals surface area contributed by atoms with E-state index in [1.165, 1.54) is 42.1 Å². The maximum Gasteiger partial charge on any atom is 0.354 e. The first-order valence-corrected chi connectivity index (χ1v) is 7.92. The summed E-state index contributed by atoms with van der Waals surface area (Å²) < 4.78 is 1.39. The van der Waals surface area contributed by atoms with Gasteiger partial charge in [0.05, 0.1) is 17.3 Å². The summed E-state index contributed by atoms with van der Waals surface area (Å²) >= 11 is 0. The van der Waals surface area contributed by atoms with Gasteiger partial charge in [0.25, 0.3) is 0 Å². The predicted molar refractivity (Wildman–Crippen MR) is 95.7 cm³/mol. The number of allylic oxidation sites excluding steroid dienone is 2. The fourth-order valence-electron chi connectivity index (χ4n) is 2.42. The molecule has 1 unspecified atom stereocenters. The number of hydrogen-bond acceptors (Lipinski definition) is 4. The van der Waals surface area contributed by atoms with Crippen LogP contribution in [-0.4, -0.2) is 43.0 Å². The van der Waals surface area contributed by atoms with E-state index >= 15 is 0 Å². The van der Waals surface area contributed by atoms with Crippen LogP contribution in [0.5, 0.6) is 0 Å². The Morgan fingerprint density at radius 2 is 1.70 bits per heavy atom. The Balaban J connectivity index is 0.000000194. The number of aliphatic carboxylic acids is 2. The molecule has 1 aromatic carbocycles. The standard InChI is InChI=1S/C10H8N2O2.C9H10O4/c13-10(14)9-6-7-11-12(9)8-4-2-1-3-5-8;1-9(8(12)13)4-2-3-6(5-9)7(10)11/h1-7H,(H,13,14);2-4H,5H2,1H3,(H,10,11)(H,12,13). The summed E-state index contributed by atoms with van der Waals surface area (Å²) in [6.07, 6.45) is 5.90. The molecule has 1 atom stereocenters. The van der Waals surface area contributed by atoms with Gasteiger partial charge in [0.15, 0.2) is 5.69 Å². The van der Waals surface area contributed by atoms with Gasteiger partial charge in [0, 0.05) is 5.57 Å². The number of nitrogens with zero attached hydrogens (tertiary/aromatic N) is 2. The zero-order chi connectivity index (χ0) is 20.0. The second kappa shape index (κ2) is 8.13. The number of aromatic carboxylic acids is 1. The molecule has 1 aliphatic carbocycles. The average Bonchev–Trinajstić information content (AvgIpc) is 3.13. The van der Waals surface area contributed by atoms with Crippen LogP contribution in [0.4, 0.5) is 0 Å². The summed E-state index contributed by atoms with van der Waals surface area (Å²) in [5.41, 5.74) is -0.0406. The smallest absolute Gasteiger partial charge is 0.354 e. The van der Waals surface area contributed by atoms with Crippen LogP contribution in [0.3, 0.4) is 0 Å². The lowest BCUT2D eigenvalue weighted by Gasteiger charge is -2.23. The molecule has 1 aromatic heterocycles. The molecule has 27 heavy (non-hydrogen) atoms. The highest BCUT2D eigenvalue weighted by Crippen LogP contribution is 2.31. The van der Waals surface area contributed by atoms with Crippen LogP contribution < -0.4 is 0 Å². The van der Waals surface area contributed by atoms with Crippen LogP contribution in [0.1, 0.15) is 23.8 Å². The first kappa shape index (κ1) is 19.6. The van der Waals surface area contributed by atoms with Crippen molar-refractivity contribution >= 4 is 17.9 Å². The number of aromatic nitrogens is 2. The Kier molecular flexibility index (Phi) is 5.92. The highest BCUT2D eigenvalue weighted by molar-refractivity contribution is 5.90. The van der Waals surface area contributed by atoms with Crippen LogP contribution in [0.25, 0.3) is 5.69 Å². The van der Waals surface area contributed by atoms with Crippen molar-refractivity contribution in [1.82, 2.24) is 9.78 Å². The average molecular weight is 370 g/mol. The highest BCUT2D eigenvalue weighted by Gasteiger charge is 2.34. The van der Waals surface area contributed by atoms with Crippen LogP contribution in [0.2, 0.25) is 0 Å².